The van der Waals surface area contributed by atoms with E-state index in [1.807, 2.05) is 0 Å². The lowest BCUT2D eigenvalue weighted by molar-refractivity contribution is -0.0386. The average molecular weight is 605 g/mol. The summed E-state index contributed by atoms with van der Waals surface area (Å²) in [7, 11) is -3.82. The van der Waals surface area contributed by atoms with Gasteiger partial charge in [0, 0.05) is 43.8 Å². The van der Waals surface area contributed by atoms with Crippen LogP contribution in [0.1, 0.15) is 85.8 Å². The molecule has 2 aromatic rings. The van der Waals surface area contributed by atoms with Gasteiger partial charge in [-0.1, -0.05) is 0 Å². The summed E-state index contributed by atoms with van der Waals surface area (Å²) in [4.78, 5) is 20.6. The molecule has 12 heteroatoms. The van der Waals surface area contributed by atoms with Crippen LogP contribution in [0.2, 0.25) is 0 Å². The molecule has 4 aliphatic rings. The molecule has 1 spiro atoms. The van der Waals surface area contributed by atoms with Gasteiger partial charge >= 0.3 is 0 Å². The maximum Gasteiger partial charge on any atom is 0.258 e. The van der Waals surface area contributed by atoms with E-state index in [1.54, 1.807) is 24.3 Å². The van der Waals surface area contributed by atoms with Crippen molar-refractivity contribution in [3.05, 3.63) is 41.1 Å². The summed E-state index contributed by atoms with van der Waals surface area (Å²) in [5.74, 6) is -2.21. The van der Waals surface area contributed by atoms with E-state index in [2.05, 4.69) is 14.9 Å². The van der Waals surface area contributed by atoms with Crippen LogP contribution in [0.15, 0.2) is 24.3 Å². The van der Waals surface area contributed by atoms with Crippen molar-refractivity contribution in [2.75, 3.05) is 41.2 Å². The Morgan fingerprint density at radius 2 is 1.86 bits per heavy atom. The standard InChI is InChI=1S/C30H38F2N4O5S/c1-19(18-37)42(39,40)35-22-2-3-23(24(17-22)36-13-11-29(9-10-29)12-14-36)28(38)34-25-16-21-6-15-41-27(21)26(33-25)20-4-7-30(31,32)8-5-20/h2-3,16-17,19-20,35,37H,4-15,18H2,1H3,(H,33,34,38)/t19-/m1/s1. The quantitative estimate of drug-likeness (QED) is 0.385. The van der Waals surface area contributed by atoms with Crippen LogP contribution in [0, 0.1) is 5.41 Å². The number of aliphatic hydroxyl groups is 1. The SMILES string of the molecule is C[C@H](CO)S(=O)(=O)Nc1ccc(C(=O)Nc2cc3c(c(C4CCC(F)(F)CC4)n2)OCC3)c(N2CCC3(CC2)CC3)c1. The minimum Gasteiger partial charge on any atom is -0.491 e. The van der Waals surface area contributed by atoms with Gasteiger partial charge in [-0.15, -0.1) is 0 Å². The Bertz CT molecular complexity index is 1460. The molecule has 1 amide bonds. The van der Waals surface area contributed by atoms with Gasteiger partial charge in [0.2, 0.25) is 15.9 Å². The summed E-state index contributed by atoms with van der Waals surface area (Å²) in [6.45, 7) is 2.91. The minimum absolute atomic E-state index is 0.166. The number of ether oxygens (including phenoxy) is 1. The second-order valence-corrected chi connectivity index (χ2v) is 14.5. The number of pyridine rings is 1. The number of nitrogens with zero attached hydrogens (tertiary/aromatic N) is 2. The van der Waals surface area contributed by atoms with Gasteiger partial charge in [0.1, 0.15) is 16.8 Å². The Balaban J connectivity index is 1.28. The molecule has 1 aromatic carbocycles. The van der Waals surface area contributed by atoms with Gasteiger partial charge in [-0.3, -0.25) is 9.52 Å². The number of anilines is 3. The first kappa shape index (κ1) is 29.1. The Labute approximate surface area is 245 Å². The van der Waals surface area contributed by atoms with Crippen molar-refractivity contribution < 1.29 is 31.8 Å². The van der Waals surface area contributed by atoms with E-state index >= 15 is 0 Å². The summed E-state index contributed by atoms with van der Waals surface area (Å²) in [6, 6.07) is 6.62. The number of rotatable bonds is 8. The molecule has 3 fully saturated rings. The second kappa shape index (κ2) is 10.9. The zero-order valence-electron chi connectivity index (χ0n) is 23.8. The minimum atomic E-state index is -3.82. The number of piperidine rings is 1. The van der Waals surface area contributed by atoms with Gasteiger partial charge in [-0.25, -0.2) is 22.2 Å². The molecule has 0 bridgehead atoms. The van der Waals surface area contributed by atoms with Crippen LogP contribution < -0.4 is 19.7 Å². The van der Waals surface area contributed by atoms with Crippen LogP contribution in [0.5, 0.6) is 5.75 Å². The first-order chi connectivity index (χ1) is 20.0. The Morgan fingerprint density at radius 1 is 1.14 bits per heavy atom. The largest absolute Gasteiger partial charge is 0.491 e. The lowest BCUT2D eigenvalue weighted by atomic mass is 9.84. The fourth-order valence-electron chi connectivity index (χ4n) is 6.37. The number of carbonyl (C=O) groups is 1. The maximum atomic E-state index is 13.9. The van der Waals surface area contributed by atoms with Crippen LogP contribution in [0.25, 0.3) is 0 Å². The number of hydrogen-bond donors (Lipinski definition) is 3. The lowest BCUT2D eigenvalue weighted by Gasteiger charge is -2.35. The Hall–Kier alpha value is -2.99. The summed E-state index contributed by atoms with van der Waals surface area (Å²) < 4.78 is 61.4. The van der Waals surface area contributed by atoms with Crippen LogP contribution in [0.3, 0.4) is 0 Å². The molecule has 3 heterocycles. The van der Waals surface area contributed by atoms with Gasteiger partial charge in [-0.05, 0) is 75.1 Å². The summed E-state index contributed by atoms with van der Waals surface area (Å²) in [5.41, 5.74) is 3.27. The van der Waals surface area contributed by atoms with E-state index < -0.39 is 27.8 Å². The number of amides is 1. The third-order valence-electron chi connectivity index (χ3n) is 9.45. The number of halogens is 2. The van der Waals surface area contributed by atoms with E-state index in [-0.39, 0.29) is 24.7 Å². The van der Waals surface area contributed by atoms with Crippen LogP contribution in [0.4, 0.5) is 26.0 Å². The molecule has 6 rings (SSSR count). The molecule has 9 nitrogen and oxygen atoms in total. The molecule has 3 N–H and O–H groups in total. The number of carbonyl (C=O) groups excluding carboxylic acids is 1. The number of alkyl halides is 2. The molecule has 2 aliphatic carbocycles. The normalized spacial score (nSPS) is 21.9. The monoisotopic (exact) mass is 604 g/mol. The molecule has 42 heavy (non-hydrogen) atoms. The van der Waals surface area contributed by atoms with E-state index in [4.69, 9.17) is 9.72 Å². The molecule has 2 aliphatic heterocycles. The number of fused-ring (bicyclic) bond motifs is 1. The highest BCUT2D eigenvalue weighted by atomic mass is 32.2. The fraction of sp³-hybridized carbons (Fsp3) is 0.600. The van der Waals surface area contributed by atoms with Crippen molar-refractivity contribution in [2.45, 2.75) is 81.8 Å². The molecule has 0 radical (unpaired) electrons. The van der Waals surface area contributed by atoms with E-state index in [0.29, 0.717) is 65.5 Å². The number of nitrogens with one attached hydrogen (secondary N) is 2. The highest BCUT2D eigenvalue weighted by Gasteiger charge is 2.45. The van der Waals surface area contributed by atoms with Gasteiger partial charge in [0.25, 0.3) is 5.91 Å². The smallest absolute Gasteiger partial charge is 0.258 e. The first-order valence-electron chi connectivity index (χ1n) is 14.8. The number of sulfonamides is 1. The van der Waals surface area contributed by atoms with Gasteiger partial charge in [-0.2, -0.15) is 0 Å². The zero-order valence-corrected chi connectivity index (χ0v) is 24.6. The third-order valence-corrected chi connectivity index (χ3v) is 11.2. The first-order valence-corrected chi connectivity index (χ1v) is 16.4. The van der Waals surface area contributed by atoms with Crippen molar-refractivity contribution >= 4 is 33.1 Å². The number of benzene rings is 1. The zero-order chi connectivity index (χ0) is 29.7. The average Bonchev–Trinajstić information content (AvgIpc) is 3.53. The van der Waals surface area contributed by atoms with E-state index in [0.717, 1.165) is 31.5 Å². The topological polar surface area (TPSA) is 121 Å². The molecule has 1 saturated heterocycles. The molecule has 0 unspecified atom stereocenters. The predicted molar refractivity (Wildman–Crippen MR) is 156 cm³/mol. The van der Waals surface area contributed by atoms with Gasteiger partial charge in [0.05, 0.1) is 35.8 Å². The summed E-state index contributed by atoms with van der Waals surface area (Å²) >= 11 is 0. The molecule has 228 valence electrons. The molecular formula is C30H38F2N4O5S. The highest BCUT2D eigenvalue weighted by Crippen LogP contribution is 2.54. The van der Waals surface area contributed by atoms with E-state index in [9.17, 15) is 27.1 Å². The molecular weight excluding hydrogens is 566 g/mol. The van der Waals surface area contributed by atoms with Crippen LogP contribution in [-0.4, -0.2) is 61.9 Å². The van der Waals surface area contributed by atoms with Gasteiger partial charge in [0.15, 0.2) is 0 Å². The highest BCUT2D eigenvalue weighted by molar-refractivity contribution is 7.93. The Kier molecular flexibility index (Phi) is 7.57. The van der Waals surface area contributed by atoms with Crippen molar-refractivity contribution in [1.82, 2.24) is 4.98 Å². The Morgan fingerprint density at radius 3 is 2.52 bits per heavy atom. The summed E-state index contributed by atoms with van der Waals surface area (Å²) in [5, 5.41) is 11.3. The van der Waals surface area contributed by atoms with E-state index in [1.165, 1.54) is 19.8 Å². The summed E-state index contributed by atoms with van der Waals surface area (Å²) in [6.07, 6.45) is 5.35. The fourth-order valence-corrected chi connectivity index (χ4v) is 7.22. The molecule has 2 saturated carbocycles. The van der Waals surface area contributed by atoms with Crippen LogP contribution >= 0.6 is 0 Å². The number of hydrogen-bond acceptors (Lipinski definition) is 7. The van der Waals surface area contributed by atoms with Crippen molar-refractivity contribution in [3.63, 3.8) is 0 Å². The van der Waals surface area contributed by atoms with Gasteiger partial charge < -0.3 is 20.1 Å². The van der Waals surface area contributed by atoms with Crippen molar-refractivity contribution in [1.29, 1.82) is 0 Å². The number of aromatic nitrogens is 1. The number of aliphatic hydroxyl groups excluding tert-OH is 1. The maximum absolute atomic E-state index is 13.9. The van der Waals surface area contributed by atoms with Crippen molar-refractivity contribution in [3.8, 4) is 5.75 Å². The molecule has 1 atom stereocenters. The lowest BCUT2D eigenvalue weighted by Crippen LogP contribution is -2.36. The molecule has 1 aromatic heterocycles. The predicted octanol–water partition coefficient (Wildman–Crippen LogP) is 5.06. The third kappa shape index (κ3) is 5.92. The van der Waals surface area contributed by atoms with Crippen LogP contribution in [-0.2, 0) is 16.4 Å². The second-order valence-electron chi connectivity index (χ2n) is 12.4. The van der Waals surface area contributed by atoms with Crippen molar-refractivity contribution in [2.24, 2.45) is 5.41 Å².